The van der Waals surface area contributed by atoms with Gasteiger partial charge < -0.3 is 10.1 Å². The second kappa shape index (κ2) is 7.93. The van der Waals surface area contributed by atoms with Crippen molar-refractivity contribution in [3.05, 3.63) is 40.1 Å². The first kappa shape index (κ1) is 20.7. The van der Waals surface area contributed by atoms with Crippen LogP contribution in [0.15, 0.2) is 18.7 Å². The summed E-state index contributed by atoms with van der Waals surface area (Å²) in [6.07, 6.45) is 0.921. The van der Waals surface area contributed by atoms with Crippen LogP contribution in [0.2, 0.25) is 0 Å². The molecular weight excluding hydrogens is 367 g/mol. The van der Waals surface area contributed by atoms with Crippen LogP contribution in [0.25, 0.3) is 0 Å². The Morgan fingerprint density at radius 1 is 1.44 bits per heavy atom. The highest BCUT2D eigenvalue weighted by Gasteiger charge is 2.41. The molecule has 0 atom stereocenters. The standard InChI is InChI=1S/C17H20F3N3O4/c1-3-7-16(8-5-4-6-9-16)22-14-11(17(18,19)20)10-12(23(25)26)13(21-14)15(24)27-2/h3,10H,1,4-9H2,2H3,(H,21,22). The molecule has 0 bridgehead atoms. The van der Waals surface area contributed by atoms with Gasteiger partial charge in [0.05, 0.1) is 12.0 Å². The van der Waals surface area contributed by atoms with Gasteiger partial charge in [-0.25, -0.2) is 9.78 Å². The number of halogens is 3. The van der Waals surface area contributed by atoms with Gasteiger partial charge in [-0.3, -0.25) is 10.1 Å². The van der Waals surface area contributed by atoms with Gasteiger partial charge in [0.2, 0.25) is 5.69 Å². The first-order valence-electron chi connectivity index (χ1n) is 8.37. The monoisotopic (exact) mass is 387 g/mol. The van der Waals surface area contributed by atoms with Crippen molar-refractivity contribution in [2.75, 3.05) is 12.4 Å². The highest BCUT2D eigenvalue weighted by molar-refractivity contribution is 5.92. The predicted molar refractivity (Wildman–Crippen MR) is 91.5 cm³/mol. The Kier molecular flexibility index (Phi) is 6.07. The molecule has 1 N–H and O–H groups in total. The topological polar surface area (TPSA) is 94.4 Å². The van der Waals surface area contributed by atoms with Gasteiger partial charge in [-0.05, 0) is 19.3 Å². The van der Waals surface area contributed by atoms with Crippen molar-refractivity contribution in [2.24, 2.45) is 0 Å². The van der Waals surface area contributed by atoms with Crippen LogP contribution >= 0.6 is 0 Å². The molecule has 27 heavy (non-hydrogen) atoms. The molecule has 0 aliphatic heterocycles. The number of nitrogens with one attached hydrogen (secondary N) is 1. The summed E-state index contributed by atoms with van der Waals surface area (Å²) in [6.45, 7) is 3.66. The summed E-state index contributed by atoms with van der Waals surface area (Å²) in [5.74, 6) is -1.79. The number of alkyl halides is 3. The maximum Gasteiger partial charge on any atom is 0.420 e. The Labute approximate surface area is 153 Å². The largest absolute Gasteiger partial charge is 0.464 e. The third kappa shape index (κ3) is 4.55. The van der Waals surface area contributed by atoms with Crippen LogP contribution in [0.3, 0.4) is 0 Å². The summed E-state index contributed by atoms with van der Waals surface area (Å²) in [5, 5.41) is 14.0. The molecule has 1 saturated carbocycles. The van der Waals surface area contributed by atoms with Gasteiger partial charge >= 0.3 is 17.8 Å². The highest BCUT2D eigenvalue weighted by atomic mass is 19.4. The Morgan fingerprint density at radius 2 is 2.07 bits per heavy atom. The molecule has 0 unspecified atom stereocenters. The highest BCUT2D eigenvalue weighted by Crippen LogP contribution is 2.41. The molecule has 1 fully saturated rings. The fraction of sp³-hybridized carbons (Fsp3) is 0.529. The molecule has 0 amide bonds. The lowest BCUT2D eigenvalue weighted by molar-refractivity contribution is -0.385. The van der Waals surface area contributed by atoms with Gasteiger partial charge in [0.1, 0.15) is 11.4 Å². The lowest BCUT2D eigenvalue weighted by Crippen LogP contribution is -2.41. The van der Waals surface area contributed by atoms with Gasteiger partial charge in [-0.15, -0.1) is 6.58 Å². The molecule has 1 aromatic heterocycles. The molecule has 1 aliphatic rings. The minimum absolute atomic E-state index is 0.325. The quantitative estimate of drug-likeness (QED) is 0.335. The number of hydrogen-bond donors (Lipinski definition) is 1. The van der Waals surface area contributed by atoms with Crippen molar-refractivity contribution in [1.82, 2.24) is 4.98 Å². The molecule has 1 heterocycles. The number of methoxy groups -OCH3 is 1. The van der Waals surface area contributed by atoms with Gasteiger partial charge in [0.15, 0.2) is 0 Å². The van der Waals surface area contributed by atoms with Crippen LogP contribution in [0, 0.1) is 10.1 Å². The Hall–Kier alpha value is -2.65. The minimum atomic E-state index is -4.89. The van der Waals surface area contributed by atoms with Crippen LogP contribution in [0.5, 0.6) is 0 Å². The van der Waals surface area contributed by atoms with E-state index < -0.39 is 45.4 Å². The van der Waals surface area contributed by atoms with E-state index in [0.29, 0.717) is 25.3 Å². The SMILES string of the molecule is C=CCC1(Nc2nc(C(=O)OC)c([N+](=O)[O-])cc2C(F)(F)F)CCCCC1. The number of pyridine rings is 1. The number of aromatic nitrogens is 1. The lowest BCUT2D eigenvalue weighted by Gasteiger charge is -2.38. The smallest absolute Gasteiger partial charge is 0.420 e. The third-order valence-corrected chi connectivity index (χ3v) is 4.61. The number of esters is 1. The van der Waals surface area contributed by atoms with Gasteiger partial charge in [-0.2, -0.15) is 13.2 Å². The van der Waals surface area contributed by atoms with Crippen LogP contribution in [-0.4, -0.2) is 28.5 Å². The van der Waals surface area contributed by atoms with E-state index in [1.54, 1.807) is 6.08 Å². The van der Waals surface area contributed by atoms with Gasteiger partial charge in [-0.1, -0.05) is 25.3 Å². The molecule has 0 aromatic carbocycles. The number of nitrogens with zero attached hydrogens (tertiary/aromatic N) is 2. The Morgan fingerprint density at radius 3 is 2.56 bits per heavy atom. The first-order chi connectivity index (χ1) is 12.6. The van der Waals surface area contributed by atoms with E-state index in [1.165, 1.54) is 0 Å². The maximum absolute atomic E-state index is 13.5. The molecule has 10 heteroatoms. The van der Waals surface area contributed by atoms with E-state index >= 15 is 0 Å². The van der Waals surface area contributed by atoms with E-state index in [1.807, 2.05) is 0 Å². The number of nitro groups is 1. The maximum atomic E-state index is 13.5. The summed E-state index contributed by atoms with van der Waals surface area (Å²) in [7, 11) is 0.971. The van der Waals surface area contributed by atoms with Gasteiger partial charge in [0, 0.05) is 11.6 Å². The van der Waals surface area contributed by atoms with Crippen molar-refractivity contribution in [3.8, 4) is 0 Å². The number of rotatable bonds is 6. The molecule has 0 saturated heterocycles. The minimum Gasteiger partial charge on any atom is -0.464 e. The van der Waals surface area contributed by atoms with Gasteiger partial charge in [0.25, 0.3) is 0 Å². The average Bonchev–Trinajstić information content (AvgIpc) is 2.60. The van der Waals surface area contributed by atoms with Crippen LogP contribution in [-0.2, 0) is 10.9 Å². The second-order valence-corrected chi connectivity index (χ2v) is 6.46. The van der Waals surface area contributed by atoms with Crippen molar-refractivity contribution in [2.45, 2.75) is 50.2 Å². The van der Waals surface area contributed by atoms with Crippen LogP contribution < -0.4 is 5.32 Å². The summed E-state index contributed by atoms with van der Waals surface area (Å²) in [6, 6.07) is 0.325. The van der Waals surface area contributed by atoms with E-state index in [2.05, 4.69) is 21.6 Å². The summed E-state index contributed by atoms with van der Waals surface area (Å²) in [5.41, 5.74) is -3.82. The molecule has 0 spiro atoms. The fourth-order valence-corrected chi connectivity index (χ4v) is 3.34. The normalized spacial score (nSPS) is 16.4. The molecule has 148 valence electrons. The second-order valence-electron chi connectivity index (χ2n) is 6.46. The van der Waals surface area contributed by atoms with E-state index in [-0.39, 0.29) is 0 Å². The predicted octanol–water partition coefficient (Wildman–Crippen LogP) is 4.49. The number of carbonyl (C=O) groups excluding carboxylic acids is 1. The molecule has 0 radical (unpaired) electrons. The van der Waals surface area contributed by atoms with Crippen molar-refractivity contribution >= 4 is 17.5 Å². The van der Waals surface area contributed by atoms with Crippen molar-refractivity contribution < 1.29 is 27.6 Å². The third-order valence-electron chi connectivity index (χ3n) is 4.61. The van der Waals surface area contributed by atoms with E-state index in [9.17, 15) is 28.1 Å². The van der Waals surface area contributed by atoms with Crippen LogP contribution in [0.1, 0.15) is 54.6 Å². The molecule has 7 nitrogen and oxygen atoms in total. The molecule has 2 rings (SSSR count). The van der Waals surface area contributed by atoms with Crippen molar-refractivity contribution in [1.29, 1.82) is 0 Å². The molecule has 1 aliphatic carbocycles. The number of ether oxygens (including phenoxy) is 1. The number of carbonyl (C=O) groups is 1. The van der Waals surface area contributed by atoms with Crippen LogP contribution in [0.4, 0.5) is 24.7 Å². The van der Waals surface area contributed by atoms with E-state index in [0.717, 1.165) is 26.4 Å². The molecule has 1 aromatic rings. The Bertz CT molecular complexity index is 744. The summed E-state index contributed by atoms with van der Waals surface area (Å²) in [4.78, 5) is 25.6. The average molecular weight is 387 g/mol. The summed E-state index contributed by atoms with van der Waals surface area (Å²) >= 11 is 0. The first-order valence-corrected chi connectivity index (χ1v) is 8.37. The number of anilines is 1. The fourth-order valence-electron chi connectivity index (χ4n) is 3.34. The summed E-state index contributed by atoms with van der Waals surface area (Å²) < 4.78 is 45.0. The van der Waals surface area contributed by atoms with E-state index in [4.69, 9.17) is 0 Å². The zero-order valence-corrected chi connectivity index (χ0v) is 14.8. The van der Waals surface area contributed by atoms with Crippen molar-refractivity contribution in [3.63, 3.8) is 0 Å². The number of hydrogen-bond acceptors (Lipinski definition) is 6. The zero-order valence-electron chi connectivity index (χ0n) is 14.8. The molecular formula is C17H20F3N3O4. The lowest BCUT2D eigenvalue weighted by atomic mass is 9.79. The zero-order chi connectivity index (χ0) is 20.2. The Balaban J connectivity index is 2.63.